The summed E-state index contributed by atoms with van der Waals surface area (Å²) in [7, 11) is 5.32. The SMILES string of the molecule is CNCc1cc(NCC(COC)OC)nc(C(C)(C)C)c1. The van der Waals surface area contributed by atoms with Gasteiger partial charge in [-0.25, -0.2) is 4.98 Å². The van der Waals surface area contributed by atoms with Gasteiger partial charge in [-0.1, -0.05) is 20.8 Å². The van der Waals surface area contributed by atoms with E-state index in [-0.39, 0.29) is 11.5 Å². The molecule has 1 aromatic rings. The van der Waals surface area contributed by atoms with E-state index in [4.69, 9.17) is 14.5 Å². The normalized spacial score (nSPS) is 13.2. The summed E-state index contributed by atoms with van der Waals surface area (Å²) < 4.78 is 10.5. The summed E-state index contributed by atoms with van der Waals surface area (Å²) in [4.78, 5) is 4.72. The van der Waals surface area contributed by atoms with Crippen LogP contribution in [-0.2, 0) is 21.4 Å². The van der Waals surface area contributed by atoms with E-state index >= 15 is 0 Å². The lowest BCUT2D eigenvalue weighted by Crippen LogP contribution is -2.27. The van der Waals surface area contributed by atoms with Gasteiger partial charge in [0.1, 0.15) is 5.82 Å². The quantitative estimate of drug-likeness (QED) is 0.770. The largest absolute Gasteiger partial charge is 0.382 e. The standard InChI is InChI=1S/C16H29N3O2/c1-16(2,3)14-7-12(9-17-4)8-15(19-14)18-10-13(21-6)11-20-5/h7-8,13,17H,9-11H2,1-6H3,(H,18,19). The van der Waals surface area contributed by atoms with E-state index in [1.54, 1.807) is 14.2 Å². The van der Waals surface area contributed by atoms with Gasteiger partial charge in [0, 0.05) is 38.4 Å². The van der Waals surface area contributed by atoms with Crippen molar-refractivity contribution in [3.05, 3.63) is 23.4 Å². The summed E-state index contributed by atoms with van der Waals surface area (Å²) in [5, 5.41) is 6.53. The summed E-state index contributed by atoms with van der Waals surface area (Å²) in [5.74, 6) is 0.880. The van der Waals surface area contributed by atoms with E-state index in [9.17, 15) is 0 Å². The molecule has 0 aliphatic rings. The summed E-state index contributed by atoms with van der Waals surface area (Å²) in [6.45, 7) is 8.57. The molecule has 1 unspecified atom stereocenters. The first-order valence-corrected chi connectivity index (χ1v) is 7.32. The second-order valence-corrected chi connectivity index (χ2v) is 6.22. The minimum atomic E-state index is 0.0165. The van der Waals surface area contributed by atoms with Crippen LogP contribution in [0.1, 0.15) is 32.0 Å². The fraction of sp³-hybridized carbons (Fsp3) is 0.688. The van der Waals surface area contributed by atoms with E-state index in [0.717, 1.165) is 18.1 Å². The minimum absolute atomic E-state index is 0.0165. The first kappa shape index (κ1) is 17.9. The number of ether oxygens (including phenoxy) is 2. The predicted molar refractivity (Wildman–Crippen MR) is 86.9 cm³/mol. The Kier molecular flexibility index (Phi) is 7.08. The zero-order chi connectivity index (χ0) is 15.9. The summed E-state index contributed by atoms with van der Waals surface area (Å²) in [6, 6.07) is 4.23. The Hall–Kier alpha value is -1.17. The molecule has 0 radical (unpaired) electrons. The van der Waals surface area contributed by atoms with E-state index in [0.29, 0.717) is 13.2 Å². The summed E-state index contributed by atoms with van der Waals surface area (Å²) in [6.07, 6.45) is 0.0165. The number of pyridine rings is 1. The number of hydrogen-bond donors (Lipinski definition) is 2. The summed E-state index contributed by atoms with van der Waals surface area (Å²) >= 11 is 0. The maximum absolute atomic E-state index is 5.36. The van der Waals surface area contributed by atoms with Crippen molar-refractivity contribution in [1.82, 2.24) is 10.3 Å². The first-order valence-electron chi connectivity index (χ1n) is 7.32. The highest BCUT2D eigenvalue weighted by Gasteiger charge is 2.17. The molecule has 0 aliphatic heterocycles. The fourth-order valence-corrected chi connectivity index (χ4v) is 1.98. The molecular formula is C16H29N3O2. The smallest absolute Gasteiger partial charge is 0.126 e. The van der Waals surface area contributed by atoms with Gasteiger partial charge in [0.25, 0.3) is 0 Å². The fourth-order valence-electron chi connectivity index (χ4n) is 1.98. The van der Waals surface area contributed by atoms with Crippen molar-refractivity contribution in [2.24, 2.45) is 0 Å². The molecule has 0 saturated carbocycles. The molecule has 0 saturated heterocycles. The zero-order valence-corrected chi connectivity index (χ0v) is 14.1. The van der Waals surface area contributed by atoms with Gasteiger partial charge in [-0.3, -0.25) is 0 Å². The Morgan fingerprint density at radius 2 is 1.95 bits per heavy atom. The average molecular weight is 295 g/mol. The van der Waals surface area contributed by atoms with Crippen molar-refractivity contribution in [3.8, 4) is 0 Å². The highest BCUT2D eigenvalue weighted by molar-refractivity contribution is 5.41. The topological polar surface area (TPSA) is 55.4 Å². The molecule has 5 nitrogen and oxygen atoms in total. The van der Waals surface area contributed by atoms with E-state index in [2.05, 4.69) is 43.5 Å². The Morgan fingerprint density at radius 3 is 2.48 bits per heavy atom. The summed E-state index contributed by atoms with van der Waals surface area (Å²) in [5.41, 5.74) is 2.33. The Morgan fingerprint density at radius 1 is 1.24 bits per heavy atom. The number of aromatic nitrogens is 1. The molecule has 1 rings (SSSR count). The Balaban J connectivity index is 2.87. The van der Waals surface area contributed by atoms with Gasteiger partial charge in [-0.05, 0) is 24.7 Å². The van der Waals surface area contributed by atoms with Crippen LogP contribution >= 0.6 is 0 Å². The maximum atomic E-state index is 5.36. The monoisotopic (exact) mass is 295 g/mol. The third kappa shape index (κ3) is 5.99. The maximum Gasteiger partial charge on any atom is 0.126 e. The third-order valence-electron chi connectivity index (χ3n) is 3.23. The van der Waals surface area contributed by atoms with Gasteiger partial charge in [-0.2, -0.15) is 0 Å². The van der Waals surface area contributed by atoms with Gasteiger partial charge in [0.2, 0.25) is 0 Å². The molecule has 21 heavy (non-hydrogen) atoms. The highest BCUT2D eigenvalue weighted by atomic mass is 16.5. The molecular weight excluding hydrogens is 266 g/mol. The van der Waals surface area contributed by atoms with Crippen molar-refractivity contribution in [2.75, 3.05) is 39.7 Å². The van der Waals surface area contributed by atoms with Crippen LogP contribution in [0.2, 0.25) is 0 Å². The Labute approximate surface area is 128 Å². The Bertz CT molecular complexity index is 430. The van der Waals surface area contributed by atoms with E-state index in [1.807, 2.05) is 7.05 Å². The van der Waals surface area contributed by atoms with Crippen LogP contribution in [0, 0.1) is 0 Å². The number of nitrogens with zero attached hydrogens (tertiary/aromatic N) is 1. The van der Waals surface area contributed by atoms with Crippen LogP contribution < -0.4 is 10.6 Å². The molecule has 5 heteroatoms. The first-order chi connectivity index (χ1) is 9.90. The average Bonchev–Trinajstić information content (AvgIpc) is 2.42. The molecule has 0 fully saturated rings. The van der Waals surface area contributed by atoms with Gasteiger partial charge >= 0.3 is 0 Å². The van der Waals surface area contributed by atoms with Gasteiger partial charge < -0.3 is 20.1 Å². The molecule has 0 bridgehead atoms. The number of methoxy groups -OCH3 is 2. The molecule has 2 N–H and O–H groups in total. The van der Waals surface area contributed by atoms with Crippen LogP contribution in [0.5, 0.6) is 0 Å². The van der Waals surface area contributed by atoms with Crippen LogP contribution in [0.15, 0.2) is 12.1 Å². The van der Waals surface area contributed by atoms with Crippen LogP contribution in [0.3, 0.4) is 0 Å². The lowest BCUT2D eigenvalue weighted by molar-refractivity contribution is 0.0365. The lowest BCUT2D eigenvalue weighted by atomic mass is 9.90. The minimum Gasteiger partial charge on any atom is -0.382 e. The molecule has 1 heterocycles. The molecule has 0 aliphatic carbocycles. The van der Waals surface area contributed by atoms with Crippen molar-refractivity contribution >= 4 is 5.82 Å². The number of nitrogens with one attached hydrogen (secondary N) is 2. The predicted octanol–water partition coefficient (Wildman–Crippen LogP) is 2.17. The molecule has 0 amide bonds. The van der Waals surface area contributed by atoms with Gasteiger partial charge in [0.15, 0.2) is 0 Å². The molecule has 120 valence electrons. The van der Waals surface area contributed by atoms with Crippen LogP contribution in [0.4, 0.5) is 5.82 Å². The van der Waals surface area contributed by atoms with Crippen molar-refractivity contribution in [2.45, 2.75) is 38.8 Å². The number of rotatable bonds is 8. The van der Waals surface area contributed by atoms with Crippen molar-refractivity contribution in [3.63, 3.8) is 0 Å². The molecule has 1 atom stereocenters. The van der Waals surface area contributed by atoms with Crippen LogP contribution in [-0.4, -0.2) is 45.5 Å². The highest BCUT2D eigenvalue weighted by Crippen LogP contribution is 2.23. The molecule has 0 aromatic carbocycles. The van der Waals surface area contributed by atoms with Gasteiger partial charge in [0.05, 0.1) is 12.7 Å². The molecule has 0 spiro atoms. The van der Waals surface area contributed by atoms with Crippen molar-refractivity contribution in [1.29, 1.82) is 0 Å². The second-order valence-electron chi connectivity index (χ2n) is 6.22. The van der Waals surface area contributed by atoms with E-state index < -0.39 is 0 Å². The van der Waals surface area contributed by atoms with Gasteiger partial charge in [-0.15, -0.1) is 0 Å². The second kappa shape index (κ2) is 8.32. The number of anilines is 1. The van der Waals surface area contributed by atoms with Crippen molar-refractivity contribution < 1.29 is 9.47 Å². The zero-order valence-electron chi connectivity index (χ0n) is 14.1. The number of hydrogen-bond acceptors (Lipinski definition) is 5. The third-order valence-corrected chi connectivity index (χ3v) is 3.23. The lowest BCUT2D eigenvalue weighted by Gasteiger charge is -2.21. The molecule has 1 aromatic heterocycles. The van der Waals surface area contributed by atoms with E-state index in [1.165, 1.54) is 5.56 Å². The van der Waals surface area contributed by atoms with Crippen LogP contribution in [0.25, 0.3) is 0 Å².